The number of amides is 1. The molecule has 1 amide bonds. The number of rotatable bonds is 3. The van der Waals surface area contributed by atoms with E-state index < -0.39 is 10.0 Å². The van der Waals surface area contributed by atoms with Crippen LogP contribution in [0, 0.1) is 0 Å². The maximum absolute atomic E-state index is 12.3. The van der Waals surface area contributed by atoms with Crippen molar-refractivity contribution in [2.24, 2.45) is 0 Å². The lowest BCUT2D eigenvalue weighted by atomic mass is 10.1. The first-order valence-corrected chi connectivity index (χ1v) is 8.83. The minimum Gasteiger partial charge on any atom is -0.443 e. The maximum Gasteiger partial charge on any atom is 0.227 e. The summed E-state index contributed by atoms with van der Waals surface area (Å²) in [6, 6.07) is 5.49. The van der Waals surface area contributed by atoms with Gasteiger partial charge in [0.05, 0.1) is 12.7 Å². The number of piperazine rings is 1. The second-order valence-electron chi connectivity index (χ2n) is 5.37. The van der Waals surface area contributed by atoms with Gasteiger partial charge < -0.3 is 9.32 Å². The van der Waals surface area contributed by atoms with Crippen LogP contribution < -0.4 is 0 Å². The van der Waals surface area contributed by atoms with Crippen LogP contribution in [0.4, 0.5) is 0 Å². The van der Waals surface area contributed by atoms with Crippen molar-refractivity contribution < 1.29 is 17.6 Å². The summed E-state index contributed by atoms with van der Waals surface area (Å²) in [6.45, 7) is 1.56. The molecule has 3 rings (SSSR count). The SMILES string of the molecule is CS(=O)(=O)N1CCN(C(=O)Cc2ccc3ncoc3c2)CC1. The summed E-state index contributed by atoms with van der Waals surface area (Å²) in [4.78, 5) is 18.0. The van der Waals surface area contributed by atoms with Gasteiger partial charge in [0.15, 0.2) is 12.0 Å². The molecule has 7 nitrogen and oxygen atoms in total. The molecule has 0 aliphatic carbocycles. The van der Waals surface area contributed by atoms with E-state index >= 15 is 0 Å². The van der Waals surface area contributed by atoms with Gasteiger partial charge in [0.2, 0.25) is 15.9 Å². The number of aromatic nitrogens is 1. The van der Waals surface area contributed by atoms with Crippen LogP contribution in [0.3, 0.4) is 0 Å². The fourth-order valence-electron chi connectivity index (χ4n) is 2.57. The molecule has 1 saturated heterocycles. The lowest BCUT2D eigenvalue weighted by molar-refractivity contribution is -0.131. The molecular formula is C14H17N3O4S. The van der Waals surface area contributed by atoms with Gasteiger partial charge >= 0.3 is 0 Å². The maximum atomic E-state index is 12.3. The van der Waals surface area contributed by atoms with Crippen molar-refractivity contribution in [1.29, 1.82) is 0 Å². The van der Waals surface area contributed by atoms with E-state index in [1.807, 2.05) is 18.2 Å². The van der Waals surface area contributed by atoms with Gasteiger partial charge in [-0.15, -0.1) is 0 Å². The Morgan fingerprint density at radius 1 is 1.27 bits per heavy atom. The highest BCUT2D eigenvalue weighted by Gasteiger charge is 2.25. The van der Waals surface area contributed by atoms with Gasteiger partial charge in [0, 0.05) is 26.2 Å². The lowest BCUT2D eigenvalue weighted by Crippen LogP contribution is -2.50. The van der Waals surface area contributed by atoms with Crippen LogP contribution in [0.25, 0.3) is 11.1 Å². The van der Waals surface area contributed by atoms with Crippen molar-refractivity contribution in [2.45, 2.75) is 6.42 Å². The van der Waals surface area contributed by atoms with E-state index in [-0.39, 0.29) is 12.3 Å². The zero-order chi connectivity index (χ0) is 15.7. The number of carbonyl (C=O) groups excluding carboxylic acids is 1. The molecule has 0 unspecified atom stereocenters. The van der Waals surface area contributed by atoms with E-state index in [9.17, 15) is 13.2 Å². The molecule has 0 N–H and O–H groups in total. The van der Waals surface area contributed by atoms with E-state index in [0.29, 0.717) is 31.8 Å². The number of hydrogen-bond donors (Lipinski definition) is 0. The fraction of sp³-hybridized carbons (Fsp3) is 0.429. The van der Waals surface area contributed by atoms with E-state index in [1.54, 1.807) is 4.90 Å². The minimum atomic E-state index is -3.18. The Kier molecular flexibility index (Phi) is 3.88. The first-order valence-electron chi connectivity index (χ1n) is 6.98. The van der Waals surface area contributed by atoms with Gasteiger partial charge in [0.1, 0.15) is 5.52 Å². The van der Waals surface area contributed by atoms with E-state index in [2.05, 4.69) is 4.98 Å². The highest BCUT2D eigenvalue weighted by Crippen LogP contribution is 2.16. The Labute approximate surface area is 128 Å². The number of oxazole rings is 1. The van der Waals surface area contributed by atoms with Crippen LogP contribution in [0.5, 0.6) is 0 Å². The number of carbonyl (C=O) groups is 1. The monoisotopic (exact) mass is 323 g/mol. The van der Waals surface area contributed by atoms with Crippen LogP contribution in [0.1, 0.15) is 5.56 Å². The molecule has 0 spiro atoms. The van der Waals surface area contributed by atoms with Gasteiger partial charge in [-0.05, 0) is 17.7 Å². The Morgan fingerprint density at radius 3 is 2.68 bits per heavy atom. The molecule has 0 bridgehead atoms. The number of fused-ring (bicyclic) bond motifs is 1. The third-order valence-electron chi connectivity index (χ3n) is 3.81. The van der Waals surface area contributed by atoms with Crippen molar-refractivity contribution >= 4 is 27.0 Å². The molecule has 1 aromatic heterocycles. The molecule has 1 fully saturated rings. The summed E-state index contributed by atoms with van der Waals surface area (Å²) < 4.78 is 29.5. The van der Waals surface area contributed by atoms with Crippen molar-refractivity contribution in [1.82, 2.24) is 14.2 Å². The highest BCUT2D eigenvalue weighted by molar-refractivity contribution is 7.88. The fourth-order valence-corrected chi connectivity index (χ4v) is 3.39. The second kappa shape index (κ2) is 5.69. The number of hydrogen-bond acceptors (Lipinski definition) is 5. The molecule has 1 aliphatic heterocycles. The molecule has 0 saturated carbocycles. The van der Waals surface area contributed by atoms with E-state index in [0.717, 1.165) is 11.1 Å². The molecule has 1 aromatic carbocycles. The lowest BCUT2D eigenvalue weighted by Gasteiger charge is -2.33. The highest BCUT2D eigenvalue weighted by atomic mass is 32.2. The third-order valence-corrected chi connectivity index (χ3v) is 5.11. The summed E-state index contributed by atoms with van der Waals surface area (Å²) in [7, 11) is -3.18. The zero-order valence-corrected chi connectivity index (χ0v) is 13.0. The smallest absolute Gasteiger partial charge is 0.227 e. The third kappa shape index (κ3) is 3.12. The van der Waals surface area contributed by atoms with Gasteiger partial charge in [0.25, 0.3) is 0 Å². The average Bonchev–Trinajstić information content (AvgIpc) is 2.94. The summed E-state index contributed by atoms with van der Waals surface area (Å²) >= 11 is 0. The Balaban J connectivity index is 1.63. The molecular weight excluding hydrogens is 306 g/mol. The van der Waals surface area contributed by atoms with Crippen molar-refractivity contribution in [3.8, 4) is 0 Å². The molecule has 2 heterocycles. The van der Waals surface area contributed by atoms with Crippen LogP contribution in [0.2, 0.25) is 0 Å². The summed E-state index contributed by atoms with van der Waals surface area (Å²) in [5.74, 6) is -0.00739. The first kappa shape index (κ1) is 15.0. The van der Waals surface area contributed by atoms with Crippen LogP contribution >= 0.6 is 0 Å². The summed E-state index contributed by atoms with van der Waals surface area (Å²) in [5, 5.41) is 0. The second-order valence-corrected chi connectivity index (χ2v) is 7.36. The Bertz CT molecular complexity index is 791. The van der Waals surface area contributed by atoms with Gasteiger partial charge in [-0.25, -0.2) is 13.4 Å². The van der Waals surface area contributed by atoms with Crippen LogP contribution in [-0.4, -0.2) is 60.9 Å². The van der Waals surface area contributed by atoms with Crippen molar-refractivity contribution in [3.63, 3.8) is 0 Å². The zero-order valence-electron chi connectivity index (χ0n) is 12.2. The van der Waals surface area contributed by atoms with E-state index in [1.165, 1.54) is 17.0 Å². The van der Waals surface area contributed by atoms with Crippen LogP contribution in [0.15, 0.2) is 29.0 Å². The Hall–Kier alpha value is -1.93. The van der Waals surface area contributed by atoms with E-state index in [4.69, 9.17) is 4.42 Å². The summed E-state index contributed by atoms with van der Waals surface area (Å²) in [6.07, 6.45) is 2.84. The predicted octanol–water partition coefficient (Wildman–Crippen LogP) is 0.474. The number of sulfonamides is 1. The predicted molar refractivity (Wildman–Crippen MR) is 80.7 cm³/mol. The number of benzene rings is 1. The van der Waals surface area contributed by atoms with Gasteiger partial charge in [-0.2, -0.15) is 4.31 Å². The molecule has 118 valence electrons. The Morgan fingerprint density at radius 2 is 2.00 bits per heavy atom. The average molecular weight is 323 g/mol. The molecule has 22 heavy (non-hydrogen) atoms. The topological polar surface area (TPSA) is 83.7 Å². The largest absolute Gasteiger partial charge is 0.443 e. The normalized spacial score (nSPS) is 17.0. The molecule has 0 radical (unpaired) electrons. The number of nitrogens with zero attached hydrogens (tertiary/aromatic N) is 3. The van der Waals surface area contributed by atoms with Crippen LogP contribution in [-0.2, 0) is 21.2 Å². The van der Waals surface area contributed by atoms with Crippen molar-refractivity contribution in [3.05, 3.63) is 30.2 Å². The molecule has 1 aliphatic rings. The minimum absolute atomic E-state index is 0.00739. The quantitative estimate of drug-likeness (QED) is 0.820. The van der Waals surface area contributed by atoms with Gasteiger partial charge in [-0.1, -0.05) is 6.07 Å². The molecule has 2 aromatic rings. The van der Waals surface area contributed by atoms with Gasteiger partial charge in [-0.3, -0.25) is 4.79 Å². The standard InChI is InChI=1S/C14H17N3O4S/c1-22(19,20)17-6-4-16(5-7-17)14(18)9-11-2-3-12-13(8-11)21-10-15-12/h2-3,8,10H,4-7,9H2,1H3. The van der Waals surface area contributed by atoms with Crippen molar-refractivity contribution in [2.75, 3.05) is 32.4 Å². The molecule has 8 heteroatoms. The summed E-state index contributed by atoms with van der Waals surface area (Å²) in [5.41, 5.74) is 2.28. The molecule has 0 atom stereocenters. The first-order chi connectivity index (χ1) is 10.4.